The molecule has 0 aliphatic rings. The molecule has 2 N–H and O–H groups in total. The lowest BCUT2D eigenvalue weighted by Gasteiger charge is -2.17. The highest BCUT2D eigenvalue weighted by atomic mass is 16.5. The van der Waals surface area contributed by atoms with Crippen molar-refractivity contribution >= 4 is 11.9 Å². The van der Waals surface area contributed by atoms with Crippen LogP contribution >= 0.6 is 0 Å². The van der Waals surface area contributed by atoms with E-state index in [0.717, 1.165) is 25.3 Å². The van der Waals surface area contributed by atoms with Crippen molar-refractivity contribution in [1.82, 2.24) is 10.6 Å². The van der Waals surface area contributed by atoms with Gasteiger partial charge in [-0.1, -0.05) is 0 Å². The Morgan fingerprint density at radius 2 is 2.06 bits per heavy atom. The second-order valence-electron chi connectivity index (χ2n) is 4.03. The molecule has 0 aliphatic heterocycles. The Morgan fingerprint density at radius 3 is 2.61 bits per heavy atom. The minimum atomic E-state index is -0.161. The van der Waals surface area contributed by atoms with Gasteiger partial charge in [0, 0.05) is 33.2 Å². The molecule has 0 bridgehead atoms. The van der Waals surface area contributed by atoms with Crippen molar-refractivity contribution < 1.29 is 14.3 Å². The number of nitrogens with one attached hydrogen (secondary N) is 2. The molecule has 106 valence electrons. The first kappa shape index (κ1) is 16.7. The van der Waals surface area contributed by atoms with E-state index in [4.69, 9.17) is 4.74 Å². The van der Waals surface area contributed by atoms with Crippen molar-refractivity contribution in [1.29, 1.82) is 0 Å². The van der Waals surface area contributed by atoms with Gasteiger partial charge < -0.3 is 20.1 Å². The molecule has 0 saturated heterocycles. The summed E-state index contributed by atoms with van der Waals surface area (Å²) in [7, 11) is 4.80. The van der Waals surface area contributed by atoms with Gasteiger partial charge in [0.25, 0.3) is 0 Å². The van der Waals surface area contributed by atoms with Gasteiger partial charge in [-0.05, 0) is 19.8 Å². The van der Waals surface area contributed by atoms with Crippen molar-refractivity contribution in [3.8, 4) is 0 Å². The number of carbonyl (C=O) groups is 1. The summed E-state index contributed by atoms with van der Waals surface area (Å²) in [6.45, 7) is 3.42. The molecule has 0 aromatic carbocycles. The van der Waals surface area contributed by atoms with Crippen LogP contribution in [0.2, 0.25) is 0 Å². The van der Waals surface area contributed by atoms with E-state index in [1.165, 1.54) is 7.11 Å². The van der Waals surface area contributed by atoms with Gasteiger partial charge in [0.1, 0.15) is 0 Å². The SMILES string of the molecule is CN=C(NCCCCC(=O)OC)NC(C)COC. The number of rotatable bonds is 8. The van der Waals surface area contributed by atoms with Crippen LogP contribution < -0.4 is 10.6 Å². The molecule has 0 rings (SSSR count). The average molecular weight is 259 g/mol. The van der Waals surface area contributed by atoms with Gasteiger partial charge in [0.15, 0.2) is 5.96 Å². The Hall–Kier alpha value is -1.30. The number of methoxy groups -OCH3 is 2. The summed E-state index contributed by atoms with van der Waals surface area (Å²) in [5.41, 5.74) is 0. The Balaban J connectivity index is 3.66. The summed E-state index contributed by atoms with van der Waals surface area (Å²) in [4.78, 5) is 15.0. The molecule has 0 aromatic heterocycles. The first-order valence-electron chi connectivity index (χ1n) is 6.17. The number of unbranched alkanes of at least 4 members (excludes halogenated alkanes) is 1. The zero-order valence-electron chi connectivity index (χ0n) is 11.8. The molecule has 1 unspecified atom stereocenters. The van der Waals surface area contributed by atoms with E-state index >= 15 is 0 Å². The van der Waals surface area contributed by atoms with Gasteiger partial charge in [-0.15, -0.1) is 0 Å². The first-order chi connectivity index (χ1) is 8.63. The zero-order chi connectivity index (χ0) is 13.8. The number of hydrogen-bond acceptors (Lipinski definition) is 4. The van der Waals surface area contributed by atoms with Gasteiger partial charge >= 0.3 is 5.97 Å². The second kappa shape index (κ2) is 10.8. The maximum absolute atomic E-state index is 10.9. The molecule has 0 aliphatic carbocycles. The van der Waals surface area contributed by atoms with Crippen molar-refractivity contribution in [3.05, 3.63) is 0 Å². The summed E-state index contributed by atoms with van der Waals surface area (Å²) in [5, 5.41) is 6.38. The fourth-order valence-corrected chi connectivity index (χ4v) is 1.42. The van der Waals surface area contributed by atoms with Crippen LogP contribution in [-0.4, -0.2) is 52.4 Å². The number of esters is 1. The molecule has 6 heteroatoms. The van der Waals surface area contributed by atoms with E-state index in [2.05, 4.69) is 20.4 Å². The van der Waals surface area contributed by atoms with Gasteiger partial charge in [0.05, 0.1) is 13.7 Å². The lowest BCUT2D eigenvalue weighted by molar-refractivity contribution is -0.140. The highest BCUT2D eigenvalue weighted by Gasteiger charge is 2.04. The van der Waals surface area contributed by atoms with Crippen LogP contribution in [0.5, 0.6) is 0 Å². The molecule has 6 nitrogen and oxygen atoms in total. The van der Waals surface area contributed by atoms with Gasteiger partial charge in [-0.25, -0.2) is 0 Å². The summed E-state index contributed by atoms with van der Waals surface area (Å²) >= 11 is 0. The third-order valence-electron chi connectivity index (χ3n) is 2.35. The van der Waals surface area contributed by atoms with Crippen LogP contribution in [0.15, 0.2) is 4.99 Å². The number of carbonyl (C=O) groups excluding carboxylic acids is 1. The van der Waals surface area contributed by atoms with E-state index in [1.54, 1.807) is 14.2 Å². The number of hydrogen-bond donors (Lipinski definition) is 2. The third-order valence-corrected chi connectivity index (χ3v) is 2.35. The molecule has 0 heterocycles. The summed E-state index contributed by atoms with van der Waals surface area (Å²) < 4.78 is 9.60. The monoisotopic (exact) mass is 259 g/mol. The van der Waals surface area contributed by atoms with Crippen molar-refractivity contribution in [2.75, 3.05) is 34.4 Å². The van der Waals surface area contributed by atoms with E-state index in [0.29, 0.717) is 13.0 Å². The highest BCUT2D eigenvalue weighted by Crippen LogP contribution is 1.95. The van der Waals surface area contributed by atoms with Gasteiger partial charge in [-0.3, -0.25) is 9.79 Å². The molecule has 0 fully saturated rings. The van der Waals surface area contributed by atoms with Crippen LogP contribution in [-0.2, 0) is 14.3 Å². The number of guanidine groups is 1. The summed E-state index contributed by atoms with van der Waals surface area (Å²) in [5.74, 6) is 0.587. The van der Waals surface area contributed by atoms with E-state index in [1.807, 2.05) is 6.92 Å². The minimum Gasteiger partial charge on any atom is -0.469 e. The standard InChI is InChI=1S/C12H25N3O3/c1-10(9-17-3)15-12(13-2)14-8-6-5-7-11(16)18-4/h10H,5-9H2,1-4H3,(H2,13,14,15). The fraction of sp³-hybridized carbons (Fsp3) is 0.833. The van der Waals surface area contributed by atoms with Crippen molar-refractivity contribution in [3.63, 3.8) is 0 Å². The van der Waals surface area contributed by atoms with Crippen LogP contribution in [0.25, 0.3) is 0 Å². The summed E-state index contributed by atoms with van der Waals surface area (Å²) in [6, 6.07) is 0.205. The van der Waals surface area contributed by atoms with Crippen LogP contribution in [0, 0.1) is 0 Å². The van der Waals surface area contributed by atoms with E-state index in [9.17, 15) is 4.79 Å². The molecule has 0 spiro atoms. The third kappa shape index (κ3) is 8.81. The minimum absolute atomic E-state index is 0.161. The number of ether oxygens (including phenoxy) is 2. The molecule has 0 radical (unpaired) electrons. The highest BCUT2D eigenvalue weighted by molar-refractivity contribution is 5.79. The topological polar surface area (TPSA) is 72.0 Å². The fourth-order valence-electron chi connectivity index (χ4n) is 1.42. The Labute approximate surface area is 109 Å². The smallest absolute Gasteiger partial charge is 0.305 e. The largest absolute Gasteiger partial charge is 0.469 e. The Bertz CT molecular complexity index is 257. The van der Waals surface area contributed by atoms with Crippen molar-refractivity contribution in [2.45, 2.75) is 32.2 Å². The molecule has 0 saturated carbocycles. The van der Waals surface area contributed by atoms with Crippen molar-refractivity contribution in [2.24, 2.45) is 4.99 Å². The predicted molar refractivity (Wildman–Crippen MR) is 71.7 cm³/mol. The number of aliphatic imine (C=N–C) groups is 1. The molecular weight excluding hydrogens is 234 g/mol. The normalized spacial score (nSPS) is 13.0. The van der Waals surface area contributed by atoms with Crippen LogP contribution in [0.4, 0.5) is 0 Å². The van der Waals surface area contributed by atoms with E-state index < -0.39 is 0 Å². The Kier molecular flexibility index (Phi) is 10.0. The van der Waals surface area contributed by atoms with Gasteiger partial charge in [-0.2, -0.15) is 0 Å². The maximum Gasteiger partial charge on any atom is 0.305 e. The lowest BCUT2D eigenvalue weighted by atomic mass is 10.2. The molecule has 18 heavy (non-hydrogen) atoms. The average Bonchev–Trinajstić information content (AvgIpc) is 2.36. The van der Waals surface area contributed by atoms with Gasteiger partial charge in [0.2, 0.25) is 0 Å². The maximum atomic E-state index is 10.9. The summed E-state index contributed by atoms with van der Waals surface area (Å²) in [6.07, 6.45) is 2.17. The van der Waals surface area contributed by atoms with Crippen LogP contribution in [0.3, 0.4) is 0 Å². The number of nitrogens with zero attached hydrogens (tertiary/aromatic N) is 1. The molecule has 0 aromatic rings. The van der Waals surface area contributed by atoms with E-state index in [-0.39, 0.29) is 12.0 Å². The lowest BCUT2D eigenvalue weighted by Crippen LogP contribution is -2.44. The zero-order valence-corrected chi connectivity index (χ0v) is 11.8. The molecule has 1 atom stereocenters. The first-order valence-corrected chi connectivity index (χ1v) is 6.17. The predicted octanol–water partition coefficient (Wildman–Crippen LogP) is 0.530. The second-order valence-corrected chi connectivity index (χ2v) is 4.03. The molecule has 0 amide bonds. The van der Waals surface area contributed by atoms with Crippen LogP contribution in [0.1, 0.15) is 26.2 Å². The Morgan fingerprint density at radius 1 is 1.33 bits per heavy atom. The quantitative estimate of drug-likeness (QED) is 0.288. The molecular formula is C12H25N3O3.